The highest BCUT2D eigenvalue weighted by atomic mass is 15.1. The molecular formula is C8H18N2. The number of nitrogens with zero attached hydrogens (tertiary/aromatic N) is 2. The Morgan fingerprint density at radius 1 is 1.20 bits per heavy atom. The molecule has 0 radical (unpaired) electrons. The van der Waals surface area contributed by atoms with Crippen LogP contribution in [0.3, 0.4) is 0 Å². The predicted molar refractivity (Wildman–Crippen MR) is 44.3 cm³/mol. The lowest BCUT2D eigenvalue weighted by Crippen LogP contribution is -1.88. The van der Waals surface area contributed by atoms with Crippen LogP contribution in [0.15, 0.2) is 10.2 Å². The Morgan fingerprint density at radius 2 is 1.90 bits per heavy atom. The molecule has 0 aromatic carbocycles. The molecule has 0 aromatic heterocycles. The highest BCUT2D eigenvalue weighted by Crippen LogP contribution is 2.02. The normalized spacial score (nSPS) is 11.6. The number of hydrogen-bond donors (Lipinski definition) is 0. The van der Waals surface area contributed by atoms with E-state index in [0.717, 1.165) is 19.0 Å². The molecule has 60 valence electrons. The van der Waals surface area contributed by atoms with E-state index < -0.39 is 0 Å². The lowest BCUT2D eigenvalue weighted by atomic mass is 10.1. The van der Waals surface area contributed by atoms with Gasteiger partial charge in [-0.25, -0.2) is 0 Å². The Balaban J connectivity index is 2.97. The zero-order valence-corrected chi connectivity index (χ0v) is 7.30. The fourth-order valence-corrected chi connectivity index (χ4v) is 0.741. The molecule has 0 aliphatic rings. The summed E-state index contributed by atoms with van der Waals surface area (Å²) in [5.41, 5.74) is 0. The highest BCUT2D eigenvalue weighted by molar-refractivity contribution is 4.47. The molecule has 0 bridgehead atoms. The van der Waals surface area contributed by atoms with E-state index in [9.17, 15) is 0 Å². The van der Waals surface area contributed by atoms with E-state index in [-0.39, 0.29) is 0 Å². The van der Waals surface area contributed by atoms with Crippen LogP contribution >= 0.6 is 0 Å². The summed E-state index contributed by atoms with van der Waals surface area (Å²) in [6.45, 7) is 8.20. The molecule has 0 aromatic rings. The molecule has 0 fully saturated rings. The molecule has 0 saturated carbocycles. The first kappa shape index (κ1) is 9.60. The second-order valence-corrected chi connectivity index (χ2v) is 2.86. The first-order valence-electron chi connectivity index (χ1n) is 4.10. The summed E-state index contributed by atoms with van der Waals surface area (Å²) in [5.74, 6) is 0.803. The van der Waals surface area contributed by atoms with Gasteiger partial charge in [-0.1, -0.05) is 13.8 Å². The largest absolute Gasteiger partial charge is 0.195 e. The molecule has 0 unspecified atom stereocenters. The number of rotatable bonds is 5. The van der Waals surface area contributed by atoms with Gasteiger partial charge in [0.05, 0.1) is 13.1 Å². The van der Waals surface area contributed by atoms with E-state index in [2.05, 4.69) is 24.1 Å². The Morgan fingerprint density at radius 3 is 2.40 bits per heavy atom. The molecule has 10 heavy (non-hydrogen) atoms. The van der Waals surface area contributed by atoms with Crippen LogP contribution in [0.25, 0.3) is 0 Å². The molecular weight excluding hydrogens is 124 g/mol. The van der Waals surface area contributed by atoms with Crippen LogP contribution in [0.4, 0.5) is 0 Å². The fraction of sp³-hybridized carbons (Fsp3) is 1.00. The van der Waals surface area contributed by atoms with Crippen LogP contribution in [0, 0.1) is 5.92 Å². The smallest absolute Gasteiger partial charge is 0.0599 e. The van der Waals surface area contributed by atoms with Crippen molar-refractivity contribution in [2.24, 2.45) is 16.1 Å². The van der Waals surface area contributed by atoms with E-state index >= 15 is 0 Å². The molecule has 2 nitrogen and oxygen atoms in total. The van der Waals surface area contributed by atoms with Crippen LogP contribution < -0.4 is 0 Å². The summed E-state index contributed by atoms with van der Waals surface area (Å²) >= 11 is 0. The molecule has 0 saturated heterocycles. The average molecular weight is 142 g/mol. The molecule has 2 heteroatoms. The summed E-state index contributed by atoms with van der Waals surface area (Å²) in [6.07, 6.45) is 2.45. The molecule has 0 heterocycles. The fourth-order valence-electron chi connectivity index (χ4n) is 0.741. The van der Waals surface area contributed by atoms with Gasteiger partial charge in [-0.2, -0.15) is 10.2 Å². The molecule has 0 amide bonds. The van der Waals surface area contributed by atoms with Gasteiger partial charge in [-0.05, 0) is 25.7 Å². The Hall–Kier alpha value is -0.400. The van der Waals surface area contributed by atoms with Crippen molar-refractivity contribution in [2.75, 3.05) is 13.1 Å². The third kappa shape index (κ3) is 7.60. The standard InChI is InChI=1S/C8H18N2/c1-4-9-10-7-5-6-8(2)3/h8H,4-7H2,1-3H3/b10-9-. The van der Waals surface area contributed by atoms with Gasteiger partial charge in [0.1, 0.15) is 0 Å². The second kappa shape index (κ2) is 6.72. The minimum Gasteiger partial charge on any atom is -0.195 e. The van der Waals surface area contributed by atoms with Crippen molar-refractivity contribution in [1.82, 2.24) is 0 Å². The summed E-state index contributed by atoms with van der Waals surface area (Å²) in [4.78, 5) is 0. The minimum absolute atomic E-state index is 0.803. The Labute approximate surface area is 63.7 Å². The van der Waals surface area contributed by atoms with Gasteiger partial charge in [0.2, 0.25) is 0 Å². The third-order valence-electron chi connectivity index (χ3n) is 1.28. The SMILES string of the molecule is CC/N=N\CCCC(C)C. The zero-order valence-electron chi connectivity index (χ0n) is 7.30. The first-order chi connectivity index (χ1) is 4.77. The zero-order chi connectivity index (χ0) is 7.82. The molecule has 0 aliphatic carbocycles. The monoisotopic (exact) mass is 142 g/mol. The van der Waals surface area contributed by atoms with E-state index in [1.54, 1.807) is 0 Å². The van der Waals surface area contributed by atoms with Gasteiger partial charge >= 0.3 is 0 Å². The number of hydrogen-bond acceptors (Lipinski definition) is 2. The maximum atomic E-state index is 3.99. The van der Waals surface area contributed by atoms with Crippen LogP contribution in [0.1, 0.15) is 33.6 Å². The van der Waals surface area contributed by atoms with Crippen LogP contribution in [0.2, 0.25) is 0 Å². The lowest BCUT2D eigenvalue weighted by Gasteiger charge is -1.99. The second-order valence-electron chi connectivity index (χ2n) is 2.86. The summed E-state index contributed by atoms with van der Waals surface area (Å²) in [6, 6.07) is 0. The van der Waals surface area contributed by atoms with Crippen molar-refractivity contribution in [3.8, 4) is 0 Å². The van der Waals surface area contributed by atoms with E-state index in [1.807, 2.05) is 6.92 Å². The third-order valence-corrected chi connectivity index (χ3v) is 1.28. The lowest BCUT2D eigenvalue weighted by molar-refractivity contribution is 0.556. The Kier molecular flexibility index (Phi) is 6.45. The molecule has 0 aliphatic heterocycles. The molecule has 0 spiro atoms. The Bertz CT molecular complexity index is 87.3. The topological polar surface area (TPSA) is 24.7 Å². The van der Waals surface area contributed by atoms with E-state index in [0.29, 0.717) is 0 Å². The van der Waals surface area contributed by atoms with Gasteiger partial charge in [0.25, 0.3) is 0 Å². The quantitative estimate of drug-likeness (QED) is 0.416. The van der Waals surface area contributed by atoms with Crippen molar-refractivity contribution < 1.29 is 0 Å². The van der Waals surface area contributed by atoms with Gasteiger partial charge in [0, 0.05) is 0 Å². The van der Waals surface area contributed by atoms with E-state index in [1.165, 1.54) is 12.8 Å². The van der Waals surface area contributed by atoms with Crippen molar-refractivity contribution in [3.05, 3.63) is 0 Å². The summed E-state index contributed by atoms with van der Waals surface area (Å²) in [7, 11) is 0. The summed E-state index contributed by atoms with van der Waals surface area (Å²) in [5, 5.41) is 7.88. The molecule has 0 rings (SSSR count). The van der Waals surface area contributed by atoms with Crippen molar-refractivity contribution >= 4 is 0 Å². The van der Waals surface area contributed by atoms with Gasteiger partial charge < -0.3 is 0 Å². The predicted octanol–water partition coefficient (Wildman–Crippen LogP) is 2.89. The van der Waals surface area contributed by atoms with Gasteiger partial charge in [-0.15, -0.1) is 0 Å². The van der Waals surface area contributed by atoms with Crippen LogP contribution in [-0.2, 0) is 0 Å². The minimum atomic E-state index is 0.803. The maximum Gasteiger partial charge on any atom is 0.0599 e. The highest BCUT2D eigenvalue weighted by Gasteiger charge is 1.91. The number of azo groups is 1. The molecule has 0 atom stereocenters. The van der Waals surface area contributed by atoms with E-state index in [4.69, 9.17) is 0 Å². The van der Waals surface area contributed by atoms with Gasteiger partial charge in [0.15, 0.2) is 0 Å². The van der Waals surface area contributed by atoms with Crippen LogP contribution in [0.5, 0.6) is 0 Å². The van der Waals surface area contributed by atoms with Crippen molar-refractivity contribution in [2.45, 2.75) is 33.6 Å². The summed E-state index contributed by atoms with van der Waals surface area (Å²) < 4.78 is 0. The molecule has 0 N–H and O–H groups in total. The average Bonchev–Trinajstić information content (AvgIpc) is 1.87. The van der Waals surface area contributed by atoms with Crippen LogP contribution in [-0.4, -0.2) is 13.1 Å². The van der Waals surface area contributed by atoms with Crippen molar-refractivity contribution in [3.63, 3.8) is 0 Å². The maximum absolute atomic E-state index is 3.99. The van der Waals surface area contributed by atoms with Crippen molar-refractivity contribution in [1.29, 1.82) is 0 Å². The van der Waals surface area contributed by atoms with Gasteiger partial charge in [-0.3, -0.25) is 0 Å². The first-order valence-corrected chi connectivity index (χ1v) is 4.10.